The zero-order valence-corrected chi connectivity index (χ0v) is 8.61. The number of rotatable bonds is 3. The molecule has 0 saturated carbocycles. The number of aliphatic hydroxyl groups is 1. The molecular weight excluding hydrogens is 228 g/mol. The van der Waals surface area contributed by atoms with Gasteiger partial charge in [-0.15, -0.1) is 0 Å². The van der Waals surface area contributed by atoms with Crippen molar-refractivity contribution in [3.63, 3.8) is 0 Å². The Balaban J connectivity index is 3.48. The fourth-order valence-electron chi connectivity index (χ4n) is 1.01. The summed E-state index contributed by atoms with van der Waals surface area (Å²) in [5.74, 6) is -2.77. The van der Waals surface area contributed by atoms with Crippen molar-refractivity contribution in [1.82, 2.24) is 4.72 Å². The first-order chi connectivity index (χ1) is 6.92. The smallest absolute Gasteiger partial charge is 0.243 e. The Morgan fingerprint density at radius 1 is 1.40 bits per heavy atom. The van der Waals surface area contributed by atoms with Crippen LogP contribution >= 0.6 is 0 Å². The van der Waals surface area contributed by atoms with Crippen LogP contribution in [0.5, 0.6) is 0 Å². The highest BCUT2D eigenvalue weighted by Crippen LogP contribution is 2.19. The van der Waals surface area contributed by atoms with E-state index in [4.69, 9.17) is 5.11 Å². The van der Waals surface area contributed by atoms with E-state index in [0.717, 1.165) is 19.2 Å². The van der Waals surface area contributed by atoms with Gasteiger partial charge in [0.1, 0.15) is 4.90 Å². The minimum Gasteiger partial charge on any atom is -0.392 e. The van der Waals surface area contributed by atoms with Crippen molar-refractivity contribution in [2.24, 2.45) is 0 Å². The lowest BCUT2D eigenvalue weighted by Crippen LogP contribution is -2.20. The van der Waals surface area contributed by atoms with E-state index in [1.165, 1.54) is 0 Å². The third-order valence-corrected chi connectivity index (χ3v) is 3.21. The van der Waals surface area contributed by atoms with Gasteiger partial charge in [-0.1, -0.05) is 0 Å². The van der Waals surface area contributed by atoms with Crippen LogP contribution in [0.3, 0.4) is 0 Å². The van der Waals surface area contributed by atoms with Gasteiger partial charge in [-0.05, 0) is 24.7 Å². The molecule has 1 aromatic rings. The predicted molar refractivity (Wildman–Crippen MR) is 48.5 cm³/mol. The van der Waals surface area contributed by atoms with Gasteiger partial charge in [0, 0.05) is 0 Å². The van der Waals surface area contributed by atoms with Crippen molar-refractivity contribution < 1.29 is 22.3 Å². The molecule has 4 nitrogen and oxygen atoms in total. The number of benzene rings is 1. The van der Waals surface area contributed by atoms with Gasteiger partial charge in [0.2, 0.25) is 10.0 Å². The number of aliphatic hydroxyl groups excluding tert-OH is 1. The van der Waals surface area contributed by atoms with Crippen molar-refractivity contribution in [3.8, 4) is 0 Å². The summed E-state index contributed by atoms with van der Waals surface area (Å²) in [4.78, 5) is -0.811. The molecule has 7 heteroatoms. The Morgan fingerprint density at radius 3 is 2.47 bits per heavy atom. The topological polar surface area (TPSA) is 66.4 Å². The van der Waals surface area contributed by atoms with Crippen LogP contribution in [0.2, 0.25) is 0 Å². The van der Waals surface area contributed by atoms with Gasteiger partial charge in [-0.3, -0.25) is 0 Å². The molecule has 0 heterocycles. The number of sulfonamides is 1. The number of halogens is 2. The summed E-state index contributed by atoms with van der Waals surface area (Å²) < 4.78 is 50.4. The molecule has 1 rings (SSSR count). The lowest BCUT2D eigenvalue weighted by molar-refractivity contribution is 0.280. The van der Waals surface area contributed by atoms with Gasteiger partial charge in [-0.2, -0.15) is 0 Å². The average molecular weight is 237 g/mol. The van der Waals surface area contributed by atoms with Gasteiger partial charge in [-0.25, -0.2) is 21.9 Å². The van der Waals surface area contributed by atoms with Crippen LogP contribution < -0.4 is 4.72 Å². The van der Waals surface area contributed by atoms with Crippen LogP contribution in [0, 0.1) is 11.6 Å². The number of hydrogen-bond acceptors (Lipinski definition) is 3. The lowest BCUT2D eigenvalue weighted by atomic mass is 10.2. The van der Waals surface area contributed by atoms with E-state index in [1.54, 1.807) is 0 Å². The molecule has 0 bridgehead atoms. The molecule has 0 amide bonds. The second kappa shape index (κ2) is 4.21. The second-order valence-electron chi connectivity index (χ2n) is 2.76. The Bertz CT molecular complexity index is 473. The Hall–Kier alpha value is -1.05. The van der Waals surface area contributed by atoms with Crippen LogP contribution in [-0.4, -0.2) is 20.6 Å². The molecule has 0 spiro atoms. The summed E-state index contributed by atoms with van der Waals surface area (Å²) >= 11 is 0. The van der Waals surface area contributed by atoms with E-state index in [9.17, 15) is 17.2 Å². The van der Waals surface area contributed by atoms with Crippen LogP contribution in [-0.2, 0) is 16.6 Å². The van der Waals surface area contributed by atoms with Crippen LogP contribution in [0.15, 0.2) is 17.0 Å². The summed E-state index contributed by atoms with van der Waals surface area (Å²) in [6.07, 6.45) is 0. The first-order valence-electron chi connectivity index (χ1n) is 3.94. The molecule has 15 heavy (non-hydrogen) atoms. The molecule has 1 aromatic carbocycles. The van der Waals surface area contributed by atoms with Gasteiger partial charge >= 0.3 is 0 Å². The zero-order chi connectivity index (χ0) is 11.6. The molecule has 0 unspecified atom stereocenters. The van der Waals surface area contributed by atoms with Gasteiger partial charge < -0.3 is 5.11 Å². The van der Waals surface area contributed by atoms with Gasteiger partial charge in [0.05, 0.1) is 6.61 Å². The average Bonchev–Trinajstić information content (AvgIpc) is 2.21. The Kier molecular flexibility index (Phi) is 3.38. The highest BCUT2D eigenvalue weighted by atomic mass is 32.2. The normalized spacial score (nSPS) is 11.7. The lowest BCUT2D eigenvalue weighted by Gasteiger charge is -2.06. The summed E-state index contributed by atoms with van der Waals surface area (Å²) in [5, 5.41) is 8.71. The fraction of sp³-hybridized carbons (Fsp3) is 0.250. The molecule has 0 atom stereocenters. The van der Waals surface area contributed by atoms with Crippen LogP contribution in [0.4, 0.5) is 8.78 Å². The van der Waals surface area contributed by atoms with Gasteiger partial charge in [0.15, 0.2) is 11.6 Å². The van der Waals surface area contributed by atoms with E-state index in [-0.39, 0.29) is 5.56 Å². The van der Waals surface area contributed by atoms with Gasteiger partial charge in [0.25, 0.3) is 0 Å². The minimum absolute atomic E-state index is 0.0114. The van der Waals surface area contributed by atoms with Crippen molar-refractivity contribution in [1.29, 1.82) is 0 Å². The molecule has 0 aliphatic heterocycles. The highest BCUT2D eigenvalue weighted by molar-refractivity contribution is 7.89. The quantitative estimate of drug-likeness (QED) is 0.798. The zero-order valence-electron chi connectivity index (χ0n) is 7.79. The summed E-state index contributed by atoms with van der Waals surface area (Å²) in [6, 6.07) is 1.62. The predicted octanol–water partition coefficient (Wildman–Crippen LogP) is 0.365. The van der Waals surface area contributed by atoms with Crippen molar-refractivity contribution >= 4 is 10.0 Å². The first kappa shape index (κ1) is 12.0. The molecule has 0 aliphatic rings. The Morgan fingerprint density at radius 2 is 2.00 bits per heavy atom. The largest absolute Gasteiger partial charge is 0.392 e. The van der Waals surface area contributed by atoms with E-state index in [1.807, 2.05) is 4.72 Å². The first-order valence-corrected chi connectivity index (χ1v) is 5.43. The molecule has 2 N–H and O–H groups in total. The Labute approximate surface area is 85.6 Å². The standard InChI is InChI=1S/C8H9F2NO3S/c1-11-15(13,14)7-3-5(4-12)2-6(9)8(7)10/h2-3,11-12H,4H2,1H3. The SMILES string of the molecule is CNS(=O)(=O)c1cc(CO)cc(F)c1F. The minimum atomic E-state index is -4.06. The monoisotopic (exact) mass is 237 g/mol. The maximum absolute atomic E-state index is 13.1. The third-order valence-electron chi connectivity index (χ3n) is 1.80. The molecule has 0 saturated heterocycles. The molecule has 0 fully saturated rings. The molecule has 84 valence electrons. The summed E-state index contributed by atoms with van der Waals surface area (Å²) in [6.45, 7) is -0.566. The molecule has 0 radical (unpaired) electrons. The fourth-order valence-corrected chi connectivity index (χ4v) is 1.87. The molecule has 0 aliphatic carbocycles. The molecular formula is C8H9F2NO3S. The molecule has 0 aromatic heterocycles. The van der Waals surface area contributed by atoms with Crippen LogP contribution in [0.25, 0.3) is 0 Å². The maximum Gasteiger partial charge on any atom is 0.243 e. The summed E-state index contributed by atoms with van der Waals surface area (Å²) in [5.41, 5.74) is -0.0114. The van der Waals surface area contributed by atoms with Crippen molar-refractivity contribution in [2.75, 3.05) is 7.05 Å². The van der Waals surface area contributed by atoms with E-state index in [2.05, 4.69) is 0 Å². The van der Waals surface area contributed by atoms with Crippen LogP contribution in [0.1, 0.15) is 5.56 Å². The third kappa shape index (κ3) is 2.31. The maximum atomic E-state index is 13.1. The van der Waals surface area contributed by atoms with E-state index in [0.29, 0.717) is 0 Å². The second-order valence-corrected chi connectivity index (χ2v) is 4.61. The summed E-state index contributed by atoms with van der Waals surface area (Å²) in [7, 11) is -2.98. The number of hydrogen-bond donors (Lipinski definition) is 2. The highest BCUT2D eigenvalue weighted by Gasteiger charge is 2.21. The van der Waals surface area contributed by atoms with E-state index >= 15 is 0 Å². The van der Waals surface area contributed by atoms with Crippen molar-refractivity contribution in [3.05, 3.63) is 29.3 Å². The number of nitrogens with one attached hydrogen (secondary N) is 1. The van der Waals surface area contributed by atoms with E-state index < -0.39 is 33.2 Å². The van der Waals surface area contributed by atoms with Crippen molar-refractivity contribution in [2.45, 2.75) is 11.5 Å².